The Balaban J connectivity index is 0.00000196. The van der Waals surface area contributed by atoms with Crippen molar-refractivity contribution in [3.05, 3.63) is 29.8 Å². The Morgan fingerprint density at radius 3 is 1.87 bits per heavy atom. The first-order chi connectivity index (χ1) is 6.39. The molecule has 0 saturated heterocycles. The van der Waals surface area contributed by atoms with E-state index in [1.54, 1.807) is 0 Å². The van der Waals surface area contributed by atoms with Crippen LogP contribution in [0.3, 0.4) is 0 Å². The molecule has 0 fully saturated rings. The number of hydrogen-bond acceptors (Lipinski definition) is 3. The third-order valence-electron chi connectivity index (χ3n) is 1.41. The van der Waals surface area contributed by atoms with Crippen LogP contribution < -0.4 is 44.3 Å². The summed E-state index contributed by atoms with van der Waals surface area (Å²) >= 11 is 0. The van der Waals surface area contributed by atoms with Gasteiger partial charge in [0.1, 0.15) is 7.32 Å². The van der Waals surface area contributed by atoms with Gasteiger partial charge in [0.05, 0.1) is 11.3 Å². The predicted octanol–water partition coefficient (Wildman–Crippen LogP) is -3.21. The molecule has 1 aromatic carbocycles. The average molecular weight is 227 g/mol. The van der Waals surface area contributed by atoms with E-state index in [0.29, 0.717) is 0 Å². The molecule has 76 valence electrons. The number of halogens is 3. The topological polar surface area (TPSA) is 55.3 Å². The van der Waals surface area contributed by atoms with Gasteiger partial charge in [-0.05, 0) is 24.3 Å². The summed E-state index contributed by atoms with van der Waals surface area (Å²) in [5, 5.41) is 20.0. The van der Waals surface area contributed by atoms with Crippen LogP contribution in [-0.2, 0) is 6.18 Å². The van der Waals surface area contributed by atoms with E-state index in [0.717, 1.165) is 24.3 Å². The summed E-state index contributed by atoms with van der Waals surface area (Å²) < 4.78 is 40.2. The summed E-state index contributed by atoms with van der Waals surface area (Å²) in [5.41, 5.74) is -0.863. The first-order valence-electron chi connectivity index (χ1n) is 3.55. The smallest absolute Gasteiger partial charge is 0.860 e. The number of alkyl halides is 3. The Morgan fingerprint density at radius 1 is 1.07 bits per heavy atom. The second-order valence-corrected chi connectivity index (χ2v) is 2.43. The minimum atomic E-state index is -4.44. The van der Waals surface area contributed by atoms with Gasteiger partial charge in [-0.25, -0.2) is 0 Å². The van der Waals surface area contributed by atoms with Crippen molar-refractivity contribution in [1.82, 2.24) is 0 Å². The molecule has 0 aliphatic heterocycles. The third-order valence-corrected chi connectivity index (χ3v) is 1.41. The van der Waals surface area contributed by atoms with Crippen LogP contribution in [0.1, 0.15) is 5.56 Å². The van der Waals surface area contributed by atoms with E-state index in [2.05, 4.69) is 4.65 Å². The van der Waals surface area contributed by atoms with Crippen LogP contribution in [0.15, 0.2) is 24.3 Å². The van der Waals surface area contributed by atoms with Gasteiger partial charge in [-0.2, -0.15) is 13.2 Å². The molecule has 0 unspecified atom stereocenters. The van der Waals surface area contributed by atoms with E-state index >= 15 is 0 Å². The molecule has 3 nitrogen and oxygen atoms in total. The largest absolute Gasteiger partial charge is 1.00 e. The van der Waals surface area contributed by atoms with Gasteiger partial charge in [0.25, 0.3) is 0 Å². The molecule has 0 saturated carbocycles. The molecule has 0 heterocycles. The molecular formula is C7H4BF3NaO3-. The van der Waals surface area contributed by atoms with Crippen LogP contribution in [-0.4, -0.2) is 7.32 Å². The fourth-order valence-electron chi connectivity index (χ4n) is 0.834. The quantitative estimate of drug-likeness (QED) is 0.500. The van der Waals surface area contributed by atoms with Crippen molar-refractivity contribution in [2.24, 2.45) is 0 Å². The van der Waals surface area contributed by atoms with Gasteiger partial charge < -0.3 is 14.7 Å². The minimum Gasteiger partial charge on any atom is -0.860 e. The zero-order valence-electron chi connectivity index (χ0n) is 7.75. The zero-order valence-corrected chi connectivity index (χ0v) is 9.75. The van der Waals surface area contributed by atoms with E-state index in [1.165, 1.54) is 0 Å². The van der Waals surface area contributed by atoms with Gasteiger partial charge in [0.15, 0.2) is 0 Å². The van der Waals surface area contributed by atoms with E-state index in [4.69, 9.17) is 0 Å². The Kier molecular flexibility index (Phi) is 5.68. The summed E-state index contributed by atoms with van der Waals surface area (Å²) in [7, 11) is -2.54. The molecule has 0 aliphatic rings. The van der Waals surface area contributed by atoms with Crippen molar-refractivity contribution in [2.75, 3.05) is 0 Å². The van der Waals surface area contributed by atoms with Crippen LogP contribution in [0, 0.1) is 0 Å². The summed E-state index contributed by atoms with van der Waals surface area (Å²) in [6.45, 7) is 0. The first kappa shape index (κ1) is 14.8. The summed E-state index contributed by atoms with van der Waals surface area (Å²) in [4.78, 5) is 0. The zero-order chi connectivity index (χ0) is 10.8. The van der Waals surface area contributed by atoms with E-state index in [9.17, 15) is 23.2 Å². The first-order valence-corrected chi connectivity index (χ1v) is 3.55. The SMILES string of the molecule is [Na+].[O-]B([O-])Oc1ccc(C(F)(F)F)cc1. The molecular weight excluding hydrogens is 223 g/mol. The molecule has 8 heteroatoms. The second-order valence-electron chi connectivity index (χ2n) is 2.43. The molecule has 0 spiro atoms. The van der Waals surface area contributed by atoms with Gasteiger partial charge in [-0.3, -0.25) is 0 Å². The van der Waals surface area contributed by atoms with E-state index in [1.807, 2.05) is 0 Å². The van der Waals surface area contributed by atoms with Gasteiger partial charge >= 0.3 is 35.7 Å². The molecule has 0 N–H and O–H groups in total. The number of benzene rings is 1. The Hall–Kier alpha value is -0.205. The molecule has 0 bridgehead atoms. The number of rotatable bonds is 2. The van der Waals surface area contributed by atoms with Gasteiger partial charge in [0.2, 0.25) is 0 Å². The summed E-state index contributed by atoms with van der Waals surface area (Å²) in [6.07, 6.45) is -4.44. The van der Waals surface area contributed by atoms with Crippen LogP contribution >= 0.6 is 0 Å². The van der Waals surface area contributed by atoms with Crippen molar-refractivity contribution in [2.45, 2.75) is 6.18 Å². The summed E-state index contributed by atoms with van der Waals surface area (Å²) in [5.74, 6) is -0.173. The number of hydrogen-bond donors (Lipinski definition) is 0. The van der Waals surface area contributed by atoms with Crippen LogP contribution in [0.5, 0.6) is 5.75 Å². The Morgan fingerprint density at radius 2 is 1.53 bits per heavy atom. The Bertz CT molecular complexity index is 301. The molecule has 15 heavy (non-hydrogen) atoms. The van der Waals surface area contributed by atoms with E-state index < -0.39 is 19.1 Å². The van der Waals surface area contributed by atoms with Gasteiger partial charge in [0, 0.05) is 0 Å². The van der Waals surface area contributed by atoms with Crippen LogP contribution in [0.4, 0.5) is 13.2 Å². The normalized spacial score (nSPS) is 10.5. The van der Waals surface area contributed by atoms with Crippen molar-refractivity contribution in [3.8, 4) is 5.75 Å². The van der Waals surface area contributed by atoms with Crippen molar-refractivity contribution in [1.29, 1.82) is 0 Å². The standard InChI is InChI=1S/C7H4BF3O3.Na/c9-7(10,11)5-1-3-6(4-2-5)14-8(12)13;/h1-4H;/q-2;+1. The minimum absolute atomic E-state index is 0. The van der Waals surface area contributed by atoms with Gasteiger partial charge in [-0.1, -0.05) is 0 Å². The Labute approximate surface area is 106 Å². The van der Waals surface area contributed by atoms with Crippen LogP contribution in [0.2, 0.25) is 0 Å². The fourth-order valence-corrected chi connectivity index (χ4v) is 0.834. The predicted molar refractivity (Wildman–Crippen MR) is 37.8 cm³/mol. The van der Waals surface area contributed by atoms with Gasteiger partial charge in [-0.15, -0.1) is 0 Å². The fraction of sp³-hybridized carbons (Fsp3) is 0.143. The molecule has 0 atom stereocenters. The second kappa shape index (κ2) is 5.76. The molecule has 0 radical (unpaired) electrons. The molecule has 0 aromatic heterocycles. The maximum absolute atomic E-state index is 12.0. The van der Waals surface area contributed by atoms with Crippen molar-refractivity contribution < 1.29 is 57.4 Å². The van der Waals surface area contributed by atoms with Crippen molar-refractivity contribution >= 4 is 7.32 Å². The molecule has 0 aliphatic carbocycles. The maximum Gasteiger partial charge on any atom is 1.00 e. The third kappa shape index (κ3) is 4.90. The molecule has 0 amide bonds. The van der Waals surface area contributed by atoms with Crippen molar-refractivity contribution in [3.63, 3.8) is 0 Å². The molecule has 1 rings (SSSR count). The summed E-state index contributed by atoms with van der Waals surface area (Å²) in [6, 6.07) is 3.31. The molecule has 1 aromatic rings. The average Bonchev–Trinajstić information content (AvgIpc) is 2.02. The van der Waals surface area contributed by atoms with E-state index in [-0.39, 0.29) is 35.3 Å². The van der Waals surface area contributed by atoms with Crippen LogP contribution in [0.25, 0.3) is 0 Å². The monoisotopic (exact) mass is 227 g/mol. The maximum atomic E-state index is 12.0.